The summed E-state index contributed by atoms with van der Waals surface area (Å²) in [6.45, 7) is 9.83. The minimum absolute atomic E-state index is 0.0473. The highest BCUT2D eigenvalue weighted by Crippen LogP contribution is 2.45. The summed E-state index contributed by atoms with van der Waals surface area (Å²) in [5, 5.41) is 9.38. The van der Waals surface area contributed by atoms with Crippen LogP contribution in [0.4, 0.5) is 5.69 Å². The minimum Gasteiger partial charge on any atom is -0.497 e. The van der Waals surface area contributed by atoms with E-state index in [0.29, 0.717) is 18.4 Å². The molecule has 0 bridgehead atoms. The van der Waals surface area contributed by atoms with Crippen molar-refractivity contribution < 1.29 is 24.2 Å². The molecule has 1 amide bonds. The number of likely N-dealkylation sites (tertiary alicyclic amines) is 1. The molecule has 0 aromatic heterocycles. The van der Waals surface area contributed by atoms with Crippen LogP contribution in [0.2, 0.25) is 0 Å². The van der Waals surface area contributed by atoms with Gasteiger partial charge in [0.25, 0.3) is 5.91 Å². The summed E-state index contributed by atoms with van der Waals surface area (Å²) in [5.41, 5.74) is 2.85. The van der Waals surface area contributed by atoms with Crippen LogP contribution >= 0.6 is 0 Å². The van der Waals surface area contributed by atoms with Crippen LogP contribution in [-0.4, -0.2) is 61.3 Å². The van der Waals surface area contributed by atoms with Crippen molar-refractivity contribution in [1.82, 2.24) is 4.90 Å². The van der Waals surface area contributed by atoms with E-state index in [4.69, 9.17) is 9.47 Å². The first-order chi connectivity index (χ1) is 19.6. The van der Waals surface area contributed by atoms with Crippen molar-refractivity contribution in [3.63, 3.8) is 0 Å². The van der Waals surface area contributed by atoms with Crippen LogP contribution in [0.15, 0.2) is 42.5 Å². The van der Waals surface area contributed by atoms with Crippen molar-refractivity contribution in [1.29, 1.82) is 0 Å². The molecule has 5 rings (SSSR count). The lowest BCUT2D eigenvalue weighted by Crippen LogP contribution is -2.44. The van der Waals surface area contributed by atoms with Crippen molar-refractivity contribution in [2.24, 2.45) is 17.3 Å². The molecule has 7 nitrogen and oxygen atoms in total. The lowest BCUT2D eigenvalue weighted by molar-refractivity contribution is -0.137. The molecule has 2 heterocycles. The van der Waals surface area contributed by atoms with E-state index in [1.165, 1.54) is 0 Å². The lowest BCUT2D eigenvalue weighted by atomic mass is 9.85. The zero-order chi connectivity index (χ0) is 29.1. The van der Waals surface area contributed by atoms with Gasteiger partial charge in [-0.25, -0.2) is 0 Å². The third-order valence-electron chi connectivity index (χ3n) is 9.26. The summed E-state index contributed by atoms with van der Waals surface area (Å²) in [4.78, 5) is 29.7. The SMILES string of the molecule is COc1ccc(C(=O)N2CCCC2C(C)(C)C)c(N2CCC(COc3cccc(C(CC(=O)O)C4CC4)c3)CC2)c1. The van der Waals surface area contributed by atoms with Crippen LogP contribution in [-0.2, 0) is 4.79 Å². The van der Waals surface area contributed by atoms with Gasteiger partial charge in [-0.2, -0.15) is 0 Å². The Bertz CT molecular complexity index is 1230. The second kappa shape index (κ2) is 12.3. The average Bonchev–Trinajstić information content (AvgIpc) is 3.68. The minimum atomic E-state index is -0.740. The number of carboxylic acid groups (broad SMARTS) is 1. The zero-order valence-corrected chi connectivity index (χ0v) is 25.1. The average molecular weight is 563 g/mol. The smallest absolute Gasteiger partial charge is 0.303 e. The molecule has 2 aliphatic heterocycles. The van der Waals surface area contributed by atoms with Gasteiger partial charge in [0.1, 0.15) is 11.5 Å². The van der Waals surface area contributed by atoms with Gasteiger partial charge in [-0.1, -0.05) is 32.9 Å². The molecule has 3 fully saturated rings. The number of carboxylic acids is 1. The van der Waals surface area contributed by atoms with E-state index < -0.39 is 5.97 Å². The molecule has 41 heavy (non-hydrogen) atoms. The van der Waals surface area contributed by atoms with Crippen molar-refractivity contribution in [2.45, 2.75) is 77.7 Å². The molecule has 2 aromatic rings. The number of hydrogen-bond donors (Lipinski definition) is 1. The summed E-state index contributed by atoms with van der Waals surface area (Å²) < 4.78 is 11.8. The van der Waals surface area contributed by atoms with Crippen LogP contribution in [0.3, 0.4) is 0 Å². The van der Waals surface area contributed by atoms with Crippen molar-refractivity contribution in [3.05, 3.63) is 53.6 Å². The van der Waals surface area contributed by atoms with Gasteiger partial charge < -0.3 is 24.4 Å². The van der Waals surface area contributed by atoms with Crippen molar-refractivity contribution in [3.8, 4) is 11.5 Å². The van der Waals surface area contributed by atoms with E-state index in [9.17, 15) is 14.7 Å². The molecule has 2 atom stereocenters. The maximum Gasteiger partial charge on any atom is 0.303 e. The molecule has 1 N–H and O–H groups in total. The fraction of sp³-hybridized carbons (Fsp3) is 0.588. The molecule has 2 aromatic carbocycles. The van der Waals surface area contributed by atoms with E-state index >= 15 is 0 Å². The van der Waals surface area contributed by atoms with Gasteiger partial charge in [-0.3, -0.25) is 9.59 Å². The number of piperidine rings is 1. The number of carbonyl (C=O) groups is 2. The predicted molar refractivity (Wildman–Crippen MR) is 161 cm³/mol. The molecule has 1 saturated carbocycles. The Morgan fingerprint density at radius 2 is 1.73 bits per heavy atom. The summed E-state index contributed by atoms with van der Waals surface area (Å²) in [6.07, 6.45) is 6.44. The highest BCUT2D eigenvalue weighted by molar-refractivity contribution is 6.00. The van der Waals surface area contributed by atoms with Crippen LogP contribution < -0.4 is 14.4 Å². The van der Waals surface area contributed by atoms with Gasteiger partial charge in [-0.15, -0.1) is 0 Å². The third kappa shape index (κ3) is 6.99. The van der Waals surface area contributed by atoms with E-state index in [2.05, 4.69) is 30.6 Å². The highest BCUT2D eigenvalue weighted by Gasteiger charge is 2.38. The largest absolute Gasteiger partial charge is 0.497 e. The maximum atomic E-state index is 13.9. The number of aliphatic carboxylic acids is 1. The molecule has 0 radical (unpaired) electrons. The maximum absolute atomic E-state index is 13.9. The quantitative estimate of drug-likeness (QED) is 0.351. The molecular weight excluding hydrogens is 516 g/mol. The molecule has 222 valence electrons. The Morgan fingerprint density at radius 3 is 2.39 bits per heavy atom. The molecule has 7 heteroatoms. The van der Waals surface area contributed by atoms with E-state index in [1.807, 2.05) is 42.5 Å². The van der Waals surface area contributed by atoms with Gasteiger partial charge in [0.05, 0.1) is 31.4 Å². The summed E-state index contributed by atoms with van der Waals surface area (Å²) in [5.74, 6) is 1.93. The van der Waals surface area contributed by atoms with Crippen LogP contribution in [0.5, 0.6) is 11.5 Å². The topological polar surface area (TPSA) is 79.3 Å². The van der Waals surface area contributed by atoms with Gasteiger partial charge >= 0.3 is 5.97 Å². The molecule has 2 saturated heterocycles. The first-order valence-corrected chi connectivity index (χ1v) is 15.3. The van der Waals surface area contributed by atoms with Crippen molar-refractivity contribution in [2.75, 3.05) is 38.3 Å². The monoisotopic (exact) mass is 562 g/mol. The fourth-order valence-electron chi connectivity index (χ4n) is 6.78. The van der Waals surface area contributed by atoms with Gasteiger partial charge in [0.15, 0.2) is 0 Å². The number of rotatable bonds is 10. The number of hydrogen-bond acceptors (Lipinski definition) is 5. The van der Waals surface area contributed by atoms with Gasteiger partial charge in [-0.05, 0) is 91.5 Å². The zero-order valence-electron chi connectivity index (χ0n) is 25.1. The third-order valence-corrected chi connectivity index (χ3v) is 9.26. The number of ether oxygens (including phenoxy) is 2. The fourth-order valence-corrected chi connectivity index (χ4v) is 6.78. The van der Waals surface area contributed by atoms with E-state index in [0.717, 1.165) is 86.5 Å². The lowest BCUT2D eigenvalue weighted by Gasteiger charge is -2.37. The Morgan fingerprint density at radius 1 is 0.976 bits per heavy atom. The number of benzene rings is 2. The van der Waals surface area contributed by atoms with E-state index in [1.54, 1.807) is 7.11 Å². The van der Waals surface area contributed by atoms with Crippen molar-refractivity contribution >= 4 is 17.6 Å². The number of amides is 1. The second-order valence-corrected chi connectivity index (χ2v) is 13.3. The number of anilines is 1. The number of nitrogens with zero attached hydrogens (tertiary/aromatic N) is 2. The molecular formula is C34H46N2O5. The Hall–Kier alpha value is -3.22. The summed E-state index contributed by atoms with van der Waals surface area (Å²) in [7, 11) is 1.67. The number of methoxy groups -OCH3 is 1. The first-order valence-electron chi connectivity index (χ1n) is 15.3. The highest BCUT2D eigenvalue weighted by atomic mass is 16.5. The van der Waals surface area contributed by atoms with Crippen LogP contribution in [0.25, 0.3) is 0 Å². The summed E-state index contributed by atoms with van der Waals surface area (Å²) in [6, 6.07) is 14.1. The molecule has 2 unspecified atom stereocenters. The molecule has 0 spiro atoms. The normalized spacial score (nSPS) is 20.6. The van der Waals surface area contributed by atoms with Crippen LogP contribution in [0, 0.1) is 17.3 Å². The molecule has 1 aliphatic carbocycles. The molecule has 3 aliphatic rings. The summed E-state index contributed by atoms with van der Waals surface area (Å²) >= 11 is 0. The standard InChI is InChI=1S/C34H46N2O5/c1-34(2,3)31-9-6-16-36(31)33(39)28-13-12-26(40-4)20-30(28)35-17-14-23(15-18-35)22-41-27-8-5-7-25(19-27)29(21-32(37)38)24-10-11-24/h5,7-8,12-13,19-20,23-24,29,31H,6,9-11,14-18,21-22H2,1-4H3,(H,37,38). The first kappa shape index (κ1) is 29.3. The predicted octanol–water partition coefficient (Wildman–Crippen LogP) is 6.61. The Balaban J connectivity index is 1.22. The Labute approximate surface area is 244 Å². The van der Waals surface area contributed by atoms with Gasteiger partial charge in [0, 0.05) is 31.7 Å². The Kier molecular flexibility index (Phi) is 8.81. The second-order valence-electron chi connectivity index (χ2n) is 13.3. The van der Waals surface area contributed by atoms with Gasteiger partial charge in [0.2, 0.25) is 0 Å². The van der Waals surface area contributed by atoms with E-state index in [-0.39, 0.29) is 29.7 Å². The number of carbonyl (C=O) groups excluding carboxylic acids is 1. The van der Waals surface area contributed by atoms with Crippen LogP contribution in [0.1, 0.15) is 87.6 Å².